The molecule has 2 rings (SSSR count). The highest BCUT2D eigenvalue weighted by atomic mass is 79.9. The maximum absolute atomic E-state index is 13.2. The molecule has 0 saturated carbocycles. The van der Waals surface area contributed by atoms with Crippen molar-refractivity contribution >= 4 is 15.9 Å². The van der Waals surface area contributed by atoms with Gasteiger partial charge in [0.1, 0.15) is 17.5 Å². The second-order valence-corrected chi connectivity index (χ2v) is 4.95. The Morgan fingerprint density at radius 1 is 0.947 bits per heavy atom. The molecule has 0 spiro atoms. The van der Waals surface area contributed by atoms with E-state index < -0.39 is 17.7 Å². The van der Waals surface area contributed by atoms with Crippen LogP contribution in [-0.4, -0.2) is 7.05 Å². The monoisotopic (exact) mass is 329 g/mol. The Bertz CT molecular complexity index is 581. The lowest BCUT2D eigenvalue weighted by atomic mass is 9.98. The minimum atomic E-state index is -0.642. The summed E-state index contributed by atoms with van der Waals surface area (Å²) in [5, 5.41) is 2.96. The molecule has 0 saturated heterocycles. The van der Waals surface area contributed by atoms with Gasteiger partial charge < -0.3 is 5.32 Å². The van der Waals surface area contributed by atoms with Gasteiger partial charge in [-0.25, -0.2) is 13.2 Å². The van der Waals surface area contributed by atoms with Crippen molar-refractivity contribution in [2.75, 3.05) is 7.05 Å². The highest BCUT2D eigenvalue weighted by Gasteiger charge is 2.15. The summed E-state index contributed by atoms with van der Waals surface area (Å²) >= 11 is 3.09. The highest BCUT2D eigenvalue weighted by molar-refractivity contribution is 9.10. The normalized spacial score (nSPS) is 12.5. The summed E-state index contributed by atoms with van der Waals surface area (Å²) in [5.74, 6) is -1.67. The lowest BCUT2D eigenvalue weighted by Gasteiger charge is -2.18. The summed E-state index contributed by atoms with van der Waals surface area (Å²) in [4.78, 5) is 0. The topological polar surface area (TPSA) is 12.0 Å². The van der Waals surface area contributed by atoms with Crippen LogP contribution in [0.15, 0.2) is 40.9 Å². The molecule has 0 amide bonds. The van der Waals surface area contributed by atoms with E-state index in [-0.39, 0.29) is 5.82 Å². The molecule has 2 aromatic carbocycles. The van der Waals surface area contributed by atoms with Gasteiger partial charge in [0.05, 0.1) is 10.5 Å². The van der Waals surface area contributed by atoms with Crippen molar-refractivity contribution in [2.24, 2.45) is 0 Å². The predicted octanol–water partition coefficient (Wildman–Crippen LogP) is 4.18. The number of hydrogen-bond acceptors (Lipinski definition) is 1. The van der Waals surface area contributed by atoms with Gasteiger partial charge in [0.15, 0.2) is 0 Å². The van der Waals surface area contributed by atoms with Crippen LogP contribution in [-0.2, 0) is 0 Å². The van der Waals surface area contributed by atoms with Crippen molar-refractivity contribution in [1.82, 2.24) is 5.32 Å². The fourth-order valence-electron chi connectivity index (χ4n) is 1.96. The second-order valence-electron chi connectivity index (χ2n) is 4.10. The van der Waals surface area contributed by atoms with Crippen LogP contribution in [0.5, 0.6) is 0 Å². The maximum atomic E-state index is 13.2. The SMILES string of the molecule is CNC(c1cc(F)cc(F)c1)c1ccc(F)c(Br)c1. The van der Waals surface area contributed by atoms with Crippen LogP contribution in [0.3, 0.4) is 0 Å². The van der Waals surface area contributed by atoms with Crippen molar-refractivity contribution in [2.45, 2.75) is 6.04 Å². The first kappa shape index (κ1) is 14.1. The molecular weight excluding hydrogens is 319 g/mol. The van der Waals surface area contributed by atoms with E-state index in [1.54, 1.807) is 19.2 Å². The fraction of sp³-hybridized carbons (Fsp3) is 0.143. The summed E-state index contributed by atoms with van der Waals surface area (Å²) < 4.78 is 40.0. The van der Waals surface area contributed by atoms with Crippen molar-refractivity contribution in [3.63, 3.8) is 0 Å². The quantitative estimate of drug-likeness (QED) is 0.890. The van der Waals surface area contributed by atoms with E-state index in [0.29, 0.717) is 15.6 Å². The molecule has 1 N–H and O–H groups in total. The Morgan fingerprint density at radius 2 is 1.58 bits per heavy atom. The molecule has 0 aromatic heterocycles. The zero-order chi connectivity index (χ0) is 14.0. The van der Waals surface area contributed by atoms with E-state index in [9.17, 15) is 13.2 Å². The molecule has 0 aliphatic heterocycles. The van der Waals surface area contributed by atoms with E-state index in [1.165, 1.54) is 18.2 Å². The molecule has 1 atom stereocenters. The second kappa shape index (κ2) is 5.75. The predicted molar refractivity (Wildman–Crippen MR) is 71.4 cm³/mol. The van der Waals surface area contributed by atoms with Crippen LogP contribution in [0.1, 0.15) is 17.2 Å². The zero-order valence-electron chi connectivity index (χ0n) is 10.1. The minimum Gasteiger partial charge on any atom is -0.309 e. The molecule has 5 heteroatoms. The Labute approximate surface area is 117 Å². The molecule has 0 heterocycles. The van der Waals surface area contributed by atoms with Gasteiger partial charge in [0.2, 0.25) is 0 Å². The van der Waals surface area contributed by atoms with Gasteiger partial charge in [-0.2, -0.15) is 0 Å². The van der Waals surface area contributed by atoms with Crippen LogP contribution in [0.25, 0.3) is 0 Å². The third-order valence-corrected chi connectivity index (χ3v) is 3.39. The molecule has 0 aliphatic rings. The molecule has 0 fully saturated rings. The van der Waals surface area contributed by atoms with Crippen LogP contribution >= 0.6 is 15.9 Å². The lowest BCUT2D eigenvalue weighted by molar-refractivity contribution is 0.571. The summed E-state index contributed by atoms with van der Waals surface area (Å²) in [5.41, 5.74) is 1.15. The minimum absolute atomic E-state index is 0.308. The van der Waals surface area contributed by atoms with Gasteiger partial charge in [0, 0.05) is 6.07 Å². The number of hydrogen-bond donors (Lipinski definition) is 1. The van der Waals surface area contributed by atoms with Gasteiger partial charge >= 0.3 is 0 Å². The Hall–Kier alpha value is -1.33. The van der Waals surface area contributed by atoms with Crippen molar-refractivity contribution in [3.8, 4) is 0 Å². The number of halogens is 4. The molecule has 19 heavy (non-hydrogen) atoms. The maximum Gasteiger partial charge on any atom is 0.137 e. The van der Waals surface area contributed by atoms with Gasteiger partial charge in [-0.15, -0.1) is 0 Å². The smallest absolute Gasteiger partial charge is 0.137 e. The number of nitrogens with one attached hydrogen (secondary N) is 1. The molecule has 100 valence electrons. The molecule has 1 unspecified atom stereocenters. The third-order valence-electron chi connectivity index (χ3n) is 2.78. The van der Waals surface area contributed by atoms with E-state index in [0.717, 1.165) is 6.07 Å². The standard InChI is InChI=1S/C14H11BrF3N/c1-19-14(8-2-3-13(18)12(15)6-8)9-4-10(16)7-11(17)5-9/h2-7,14,19H,1H3. The molecule has 2 aromatic rings. The first-order valence-electron chi connectivity index (χ1n) is 5.59. The Kier molecular flexibility index (Phi) is 4.27. The van der Waals surface area contributed by atoms with E-state index in [2.05, 4.69) is 21.2 Å². The third kappa shape index (κ3) is 3.16. The van der Waals surface area contributed by atoms with Gasteiger partial charge in [-0.05, 0) is 58.4 Å². The highest BCUT2D eigenvalue weighted by Crippen LogP contribution is 2.26. The largest absolute Gasteiger partial charge is 0.309 e. The van der Waals surface area contributed by atoms with Crippen molar-refractivity contribution < 1.29 is 13.2 Å². The lowest BCUT2D eigenvalue weighted by Crippen LogP contribution is -2.18. The van der Waals surface area contributed by atoms with Crippen LogP contribution in [0, 0.1) is 17.5 Å². The molecular formula is C14H11BrF3N. The number of rotatable bonds is 3. The molecule has 0 aliphatic carbocycles. The first-order valence-corrected chi connectivity index (χ1v) is 6.39. The fourth-order valence-corrected chi connectivity index (χ4v) is 2.36. The van der Waals surface area contributed by atoms with E-state index in [4.69, 9.17) is 0 Å². The summed E-state index contributed by atoms with van der Waals surface area (Å²) in [6.07, 6.45) is 0. The molecule has 0 bridgehead atoms. The van der Waals surface area contributed by atoms with E-state index >= 15 is 0 Å². The van der Waals surface area contributed by atoms with Crippen molar-refractivity contribution in [3.05, 3.63) is 69.4 Å². The molecule has 1 nitrogen and oxygen atoms in total. The zero-order valence-corrected chi connectivity index (χ0v) is 11.6. The summed E-state index contributed by atoms with van der Waals surface area (Å²) in [6.45, 7) is 0. The summed E-state index contributed by atoms with van der Waals surface area (Å²) in [7, 11) is 1.67. The van der Waals surface area contributed by atoms with Gasteiger partial charge in [-0.3, -0.25) is 0 Å². The summed E-state index contributed by atoms with van der Waals surface area (Å²) in [6, 6.07) is 7.37. The molecule has 0 radical (unpaired) electrons. The average Bonchev–Trinajstić information content (AvgIpc) is 2.33. The van der Waals surface area contributed by atoms with Gasteiger partial charge in [-0.1, -0.05) is 6.07 Å². The Morgan fingerprint density at radius 3 is 2.11 bits per heavy atom. The van der Waals surface area contributed by atoms with E-state index in [1.807, 2.05) is 0 Å². The van der Waals surface area contributed by atoms with Gasteiger partial charge in [0.25, 0.3) is 0 Å². The first-order chi connectivity index (χ1) is 9.01. The van der Waals surface area contributed by atoms with Crippen LogP contribution in [0.2, 0.25) is 0 Å². The Balaban J connectivity index is 2.46. The number of benzene rings is 2. The van der Waals surface area contributed by atoms with Crippen LogP contribution in [0.4, 0.5) is 13.2 Å². The average molecular weight is 330 g/mol. The van der Waals surface area contributed by atoms with Crippen molar-refractivity contribution in [1.29, 1.82) is 0 Å². The van der Waals surface area contributed by atoms with Crippen LogP contribution < -0.4 is 5.32 Å².